The monoisotopic (exact) mass is 264 g/mol. The van der Waals surface area contributed by atoms with Crippen molar-refractivity contribution in [2.75, 3.05) is 6.61 Å². The lowest BCUT2D eigenvalue weighted by Crippen LogP contribution is -2.13. The molecule has 0 atom stereocenters. The van der Waals surface area contributed by atoms with Crippen molar-refractivity contribution in [1.82, 2.24) is 0 Å². The molecule has 1 aliphatic carbocycles. The first-order chi connectivity index (χ1) is 9.00. The van der Waals surface area contributed by atoms with Crippen molar-refractivity contribution < 1.29 is 29.3 Å². The van der Waals surface area contributed by atoms with Gasteiger partial charge in [0.2, 0.25) is 0 Å². The molecule has 0 radical (unpaired) electrons. The molecule has 2 N–H and O–H groups in total. The fourth-order valence-electron chi connectivity index (χ4n) is 2.05. The zero-order valence-corrected chi connectivity index (χ0v) is 10.0. The number of phenolic OH excluding ortho intramolecular Hbond substituents is 1. The van der Waals surface area contributed by atoms with E-state index >= 15 is 0 Å². The van der Waals surface area contributed by atoms with Crippen LogP contribution in [0.3, 0.4) is 0 Å². The van der Waals surface area contributed by atoms with Gasteiger partial charge in [-0.3, -0.25) is 9.59 Å². The Morgan fingerprint density at radius 1 is 1.16 bits per heavy atom. The van der Waals surface area contributed by atoms with Crippen LogP contribution in [0.1, 0.15) is 40.0 Å². The Morgan fingerprint density at radius 2 is 1.79 bits per heavy atom. The number of carbonyl (C=O) groups is 3. The fourth-order valence-corrected chi connectivity index (χ4v) is 2.05. The van der Waals surface area contributed by atoms with E-state index in [0.29, 0.717) is 6.42 Å². The van der Waals surface area contributed by atoms with Crippen molar-refractivity contribution >= 4 is 17.5 Å². The Labute approximate surface area is 108 Å². The second kappa shape index (κ2) is 5.09. The number of rotatable bonds is 3. The molecule has 0 amide bonds. The van der Waals surface area contributed by atoms with Crippen LogP contribution in [0.25, 0.3) is 0 Å². The Bertz CT molecular complexity index is 560. The SMILES string of the molecule is O=C(O)COc1ccc(O)c2c1C(=O)CCCC2=O. The lowest BCUT2D eigenvalue weighted by atomic mass is 9.99. The molecule has 1 aromatic carbocycles. The van der Waals surface area contributed by atoms with Crippen LogP contribution in [0.4, 0.5) is 0 Å². The molecule has 2 rings (SSSR count). The van der Waals surface area contributed by atoms with E-state index in [4.69, 9.17) is 9.84 Å². The Balaban J connectivity index is 2.52. The van der Waals surface area contributed by atoms with Gasteiger partial charge in [0.1, 0.15) is 11.5 Å². The molecule has 0 spiro atoms. The van der Waals surface area contributed by atoms with E-state index in [9.17, 15) is 19.5 Å². The summed E-state index contributed by atoms with van der Waals surface area (Å²) >= 11 is 0. The number of fused-ring (bicyclic) bond motifs is 1. The molecule has 0 fully saturated rings. The van der Waals surface area contributed by atoms with Crippen molar-refractivity contribution in [3.63, 3.8) is 0 Å². The highest BCUT2D eigenvalue weighted by Gasteiger charge is 2.28. The number of hydrogen-bond acceptors (Lipinski definition) is 5. The number of hydrogen-bond donors (Lipinski definition) is 2. The standard InChI is InChI=1S/C13H12O6/c14-7-2-1-3-8(15)13-10(19-6-11(17)18)5-4-9(16)12(7)13/h4-5,16H,1-3,6H2,(H,17,18). The molecular formula is C13H12O6. The Morgan fingerprint density at radius 3 is 2.42 bits per heavy atom. The summed E-state index contributed by atoms with van der Waals surface area (Å²) in [5.74, 6) is -2.10. The topological polar surface area (TPSA) is 101 Å². The minimum atomic E-state index is -1.19. The maximum atomic E-state index is 12.0. The first-order valence-electron chi connectivity index (χ1n) is 5.77. The number of phenols is 1. The molecule has 1 aromatic rings. The number of benzene rings is 1. The zero-order valence-electron chi connectivity index (χ0n) is 10.0. The smallest absolute Gasteiger partial charge is 0.341 e. The number of carbonyl (C=O) groups excluding carboxylic acids is 2. The van der Waals surface area contributed by atoms with Crippen molar-refractivity contribution in [3.05, 3.63) is 23.3 Å². The molecule has 0 bridgehead atoms. The zero-order chi connectivity index (χ0) is 14.0. The molecule has 0 heterocycles. The van der Waals surface area contributed by atoms with Crippen LogP contribution >= 0.6 is 0 Å². The molecule has 1 aliphatic rings. The van der Waals surface area contributed by atoms with Crippen LogP contribution in [0, 0.1) is 0 Å². The van der Waals surface area contributed by atoms with Gasteiger partial charge in [-0.1, -0.05) is 0 Å². The van der Waals surface area contributed by atoms with Gasteiger partial charge in [-0.05, 0) is 18.6 Å². The van der Waals surface area contributed by atoms with Gasteiger partial charge in [0.15, 0.2) is 18.2 Å². The van der Waals surface area contributed by atoms with Gasteiger partial charge in [-0.15, -0.1) is 0 Å². The lowest BCUT2D eigenvalue weighted by molar-refractivity contribution is -0.139. The number of carboxylic acid groups (broad SMARTS) is 1. The van der Waals surface area contributed by atoms with Crippen LogP contribution in [0.15, 0.2) is 12.1 Å². The number of ether oxygens (including phenoxy) is 1. The minimum Gasteiger partial charge on any atom is -0.507 e. The van der Waals surface area contributed by atoms with Gasteiger partial charge in [0, 0.05) is 12.8 Å². The third kappa shape index (κ3) is 2.57. The lowest BCUT2D eigenvalue weighted by Gasteiger charge is -2.12. The van der Waals surface area contributed by atoms with E-state index in [0.717, 1.165) is 0 Å². The van der Waals surface area contributed by atoms with E-state index in [1.807, 2.05) is 0 Å². The number of aromatic hydroxyl groups is 1. The highest BCUT2D eigenvalue weighted by molar-refractivity contribution is 6.13. The van der Waals surface area contributed by atoms with Crippen molar-refractivity contribution in [3.8, 4) is 11.5 Å². The minimum absolute atomic E-state index is 0.0104. The third-order valence-corrected chi connectivity index (χ3v) is 2.86. The number of Topliss-reactive ketones (excluding diaryl/α,β-unsaturated/α-hetero) is 2. The van der Waals surface area contributed by atoms with Gasteiger partial charge >= 0.3 is 5.97 Å². The van der Waals surface area contributed by atoms with Crippen molar-refractivity contribution in [2.45, 2.75) is 19.3 Å². The summed E-state index contributed by atoms with van der Waals surface area (Å²) < 4.78 is 5.01. The predicted octanol–water partition coefficient (Wildman–Crippen LogP) is 1.40. The second-order valence-corrected chi connectivity index (χ2v) is 4.22. The first-order valence-corrected chi connectivity index (χ1v) is 5.77. The molecule has 0 saturated carbocycles. The molecule has 0 aliphatic heterocycles. The summed E-state index contributed by atoms with van der Waals surface area (Å²) in [6.07, 6.45) is 0.754. The van der Waals surface area contributed by atoms with E-state index in [2.05, 4.69) is 0 Å². The molecule has 0 saturated heterocycles. The average molecular weight is 264 g/mol. The second-order valence-electron chi connectivity index (χ2n) is 4.22. The normalized spacial score (nSPS) is 14.7. The van der Waals surface area contributed by atoms with E-state index in [-0.39, 0.29) is 47.0 Å². The number of aliphatic carboxylic acids is 1. The van der Waals surface area contributed by atoms with Crippen LogP contribution in [-0.4, -0.2) is 34.4 Å². The maximum absolute atomic E-state index is 12.0. The van der Waals surface area contributed by atoms with Gasteiger partial charge in [-0.2, -0.15) is 0 Å². The summed E-state index contributed by atoms with van der Waals surface area (Å²) in [7, 11) is 0. The van der Waals surface area contributed by atoms with Crippen LogP contribution in [0.2, 0.25) is 0 Å². The summed E-state index contributed by atoms with van der Waals surface area (Å²) in [5.41, 5.74) is -0.0749. The van der Waals surface area contributed by atoms with Gasteiger partial charge < -0.3 is 14.9 Å². The number of carboxylic acids is 1. The molecule has 0 unspecified atom stereocenters. The van der Waals surface area contributed by atoms with Crippen LogP contribution < -0.4 is 4.74 Å². The average Bonchev–Trinajstić information content (AvgIpc) is 2.49. The van der Waals surface area contributed by atoms with Crippen molar-refractivity contribution in [2.24, 2.45) is 0 Å². The number of ketones is 2. The third-order valence-electron chi connectivity index (χ3n) is 2.86. The molecule has 100 valence electrons. The quantitative estimate of drug-likeness (QED) is 0.800. The molecule has 0 aromatic heterocycles. The summed E-state index contributed by atoms with van der Waals surface area (Å²) in [4.78, 5) is 34.4. The fraction of sp³-hybridized carbons (Fsp3) is 0.308. The highest BCUT2D eigenvalue weighted by Crippen LogP contribution is 2.34. The summed E-state index contributed by atoms with van der Waals surface area (Å²) in [5, 5.41) is 18.3. The Kier molecular flexibility index (Phi) is 3.50. The maximum Gasteiger partial charge on any atom is 0.341 e. The summed E-state index contributed by atoms with van der Waals surface area (Å²) in [6.45, 7) is -0.612. The van der Waals surface area contributed by atoms with Gasteiger partial charge in [-0.25, -0.2) is 4.79 Å². The van der Waals surface area contributed by atoms with E-state index < -0.39 is 12.6 Å². The van der Waals surface area contributed by atoms with E-state index in [1.165, 1.54) is 12.1 Å². The Hall–Kier alpha value is -2.37. The molecule has 6 nitrogen and oxygen atoms in total. The highest BCUT2D eigenvalue weighted by atomic mass is 16.5. The predicted molar refractivity (Wildman–Crippen MR) is 63.7 cm³/mol. The first kappa shape index (κ1) is 13.1. The van der Waals surface area contributed by atoms with Gasteiger partial charge in [0.05, 0.1) is 11.1 Å². The molecular weight excluding hydrogens is 252 g/mol. The van der Waals surface area contributed by atoms with E-state index in [1.54, 1.807) is 0 Å². The largest absolute Gasteiger partial charge is 0.507 e. The summed E-state index contributed by atoms with van der Waals surface area (Å²) in [6, 6.07) is 2.53. The molecule has 19 heavy (non-hydrogen) atoms. The van der Waals surface area contributed by atoms with Crippen LogP contribution in [-0.2, 0) is 4.79 Å². The molecule has 6 heteroatoms. The van der Waals surface area contributed by atoms with Gasteiger partial charge in [0.25, 0.3) is 0 Å². The van der Waals surface area contributed by atoms with Crippen LogP contribution in [0.5, 0.6) is 11.5 Å². The van der Waals surface area contributed by atoms with Crippen molar-refractivity contribution in [1.29, 1.82) is 0 Å².